The normalized spacial score (nSPS) is 11.7. The Morgan fingerprint density at radius 3 is 2.67 bits per heavy atom. The number of nitrogen functional groups attached to an aromatic ring is 1. The van der Waals surface area contributed by atoms with E-state index in [9.17, 15) is 8.42 Å². The second kappa shape index (κ2) is 6.92. The van der Waals surface area contributed by atoms with E-state index in [1.807, 2.05) is 12.1 Å². The molecule has 2 rings (SSSR count). The molecule has 0 spiro atoms. The maximum atomic E-state index is 11.9. The molecule has 0 unspecified atom stereocenters. The zero-order valence-electron chi connectivity index (χ0n) is 11.6. The van der Waals surface area contributed by atoms with Crippen molar-refractivity contribution in [3.63, 3.8) is 0 Å². The minimum atomic E-state index is -3.33. The minimum Gasteiger partial charge on any atom is -0.399 e. The number of nitrogens with two attached hydrogens (primary N) is 1. The first-order valence-corrected chi connectivity index (χ1v) is 8.88. The molecule has 1 heterocycles. The summed E-state index contributed by atoms with van der Waals surface area (Å²) in [6.07, 6.45) is 1.53. The van der Waals surface area contributed by atoms with Gasteiger partial charge in [-0.25, -0.2) is 13.1 Å². The third-order valence-corrected chi connectivity index (χ3v) is 5.35. The van der Waals surface area contributed by atoms with Crippen LogP contribution >= 0.6 is 11.8 Å². The van der Waals surface area contributed by atoms with E-state index in [-0.39, 0.29) is 12.3 Å². The number of nitrogens with one attached hydrogen (secondary N) is 1. The first-order valence-electron chi connectivity index (χ1n) is 6.25. The van der Waals surface area contributed by atoms with Crippen molar-refractivity contribution in [1.29, 1.82) is 0 Å². The molecule has 9 heteroatoms. The third-order valence-electron chi connectivity index (χ3n) is 2.76. The molecule has 0 aliphatic carbocycles. The van der Waals surface area contributed by atoms with Gasteiger partial charge in [0.05, 0.1) is 12.3 Å². The number of thioether (sulfide) groups is 1. The summed E-state index contributed by atoms with van der Waals surface area (Å²) >= 11 is 1.47. The Kier molecular flexibility index (Phi) is 5.21. The van der Waals surface area contributed by atoms with E-state index < -0.39 is 10.0 Å². The van der Waals surface area contributed by atoms with E-state index in [0.717, 1.165) is 4.90 Å². The molecule has 1 aromatic heterocycles. The molecule has 0 aliphatic rings. The minimum absolute atomic E-state index is 0.0416. The number of hydrogen-bond acceptors (Lipinski definition) is 6. The molecule has 0 aliphatic heterocycles. The van der Waals surface area contributed by atoms with E-state index in [2.05, 4.69) is 14.9 Å². The number of rotatable bonds is 7. The zero-order valence-corrected chi connectivity index (χ0v) is 13.2. The molecule has 0 amide bonds. The average molecular weight is 327 g/mol. The van der Waals surface area contributed by atoms with Gasteiger partial charge in [-0.1, -0.05) is 0 Å². The number of benzene rings is 1. The van der Waals surface area contributed by atoms with Gasteiger partial charge in [0.1, 0.15) is 12.2 Å². The highest BCUT2D eigenvalue weighted by Crippen LogP contribution is 2.19. The Balaban J connectivity index is 1.78. The molecular formula is C12H17N5O2S2. The summed E-state index contributed by atoms with van der Waals surface area (Å²) in [6, 6.07) is 7.34. The molecule has 2 aromatic rings. The fraction of sp³-hybridized carbons (Fsp3) is 0.333. The summed E-state index contributed by atoms with van der Waals surface area (Å²) < 4.78 is 27.9. The highest BCUT2D eigenvalue weighted by Gasteiger charge is 2.11. The quantitative estimate of drug-likeness (QED) is 0.570. The van der Waals surface area contributed by atoms with Gasteiger partial charge in [0.2, 0.25) is 10.0 Å². The van der Waals surface area contributed by atoms with Crippen LogP contribution in [0, 0.1) is 0 Å². The lowest BCUT2D eigenvalue weighted by molar-refractivity contribution is 0.579. The Bertz CT molecular complexity index is 682. The van der Waals surface area contributed by atoms with Crippen LogP contribution in [0.2, 0.25) is 0 Å². The van der Waals surface area contributed by atoms with Gasteiger partial charge in [-0.2, -0.15) is 0 Å². The maximum Gasteiger partial charge on any atom is 0.212 e. The van der Waals surface area contributed by atoms with Crippen LogP contribution < -0.4 is 10.5 Å². The van der Waals surface area contributed by atoms with E-state index in [1.54, 1.807) is 23.7 Å². The van der Waals surface area contributed by atoms with E-state index in [4.69, 9.17) is 5.73 Å². The van der Waals surface area contributed by atoms with Crippen LogP contribution in [-0.2, 0) is 23.6 Å². The second-order valence-corrected chi connectivity index (χ2v) is 7.51. The highest BCUT2D eigenvalue weighted by molar-refractivity contribution is 8.00. The molecule has 0 fully saturated rings. The molecular weight excluding hydrogens is 310 g/mol. The van der Waals surface area contributed by atoms with Gasteiger partial charge in [-0.05, 0) is 24.3 Å². The van der Waals surface area contributed by atoms with Gasteiger partial charge in [-0.15, -0.1) is 22.0 Å². The first-order chi connectivity index (χ1) is 9.96. The summed E-state index contributed by atoms with van der Waals surface area (Å²) in [6.45, 7) is 0.144. The van der Waals surface area contributed by atoms with Gasteiger partial charge in [-0.3, -0.25) is 0 Å². The number of sulfonamides is 1. The van der Waals surface area contributed by atoms with Gasteiger partial charge < -0.3 is 10.3 Å². The molecule has 21 heavy (non-hydrogen) atoms. The molecule has 0 bridgehead atoms. The Morgan fingerprint density at radius 1 is 1.33 bits per heavy atom. The van der Waals surface area contributed by atoms with Crippen molar-refractivity contribution < 1.29 is 8.42 Å². The monoisotopic (exact) mass is 327 g/mol. The molecule has 114 valence electrons. The van der Waals surface area contributed by atoms with Crippen molar-refractivity contribution in [2.75, 3.05) is 17.2 Å². The van der Waals surface area contributed by atoms with Crippen LogP contribution in [0.5, 0.6) is 0 Å². The topological polar surface area (TPSA) is 103 Å². The smallest absolute Gasteiger partial charge is 0.212 e. The number of aryl methyl sites for hydroxylation is 1. The first kappa shape index (κ1) is 15.8. The predicted octanol–water partition coefficient (Wildman–Crippen LogP) is 0.609. The van der Waals surface area contributed by atoms with Crippen molar-refractivity contribution in [1.82, 2.24) is 19.5 Å². The lowest BCUT2D eigenvalue weighted by Gasteiger charge is -2.06. The summed E-state index contributed by atoms with van der Waals surface area (Å²) in [5.41, 5.74) is 6.29. The number of nitrogens with zero attached hydrogens (tertiary/aromatic N) is 3. The van der Waals surface area contributed by atoms with E-state index >= 15 is 0 Å². The maximum absolute atomic E-state index is 11.9. The summed E-state index contributed by atoms with van der Waals surface area (Å²) in [4.78, 5) is 0.993. The lowest BCUT2D eigenvalue weighted by Crippen LogP contribution is -2.28. The molecule has 0 radical (unpaired) electrons. The van der Waals surface area contributed by atoms with Gasteiger partial charge in [0.25, 0.3) is 0 Å². The number of anilines is 1. The molecule has 3 N–H and O–H groups in total. The van der Waals surface area contributed by atoms with Gasteiger partial charge in [0, 0.05) is 23.4 Å². The standard InChI is InChI=1S/C12H17N5O2S2/c1-17-9-14-16-12(17)8-15-21(18,19)7-6-20-11-4-2-10(13)3-5-11/h2-5,9,15H,6-8,13H2,1H3. The Labute approximate surface area is 128 Å². The third kappa shape index (κ3) is 5.03. The largest absolute Gasteiger partial charge is 0.399 e. The van der Waals surface area contributed by atoms with Crippen LogP contribution in [0.25, 0.3) is 0 Å². The van der Waals surface area contributed by atoms with Crippen LogP contribution in [0.3, 0.4) is 0 Å². The molecule has 0 saturated carbocycles. The fourth-order valence-electron chi connectivity index (χ4n) is 1.55. The van der Waals surface area contributed by atoms with Crippen molar-refractivity contribution in [3.05, 3.63) is 36.4 Å². The van der Waals surface area contributed by atoms with Crippen molar-refractivity contribution in [3.8, 4) is 0 Å². The van der Waals surface area contributed by atoms with E-state index in [1.165, 1.54) is 18.1 Å². The van der Waals surface area contributed by atoms with Crippen LogP contribution in [0.1, 0.15) is 5.82 Å². The van der Waals surface area contributed by atoms with Crippen molar-refractivity contribution >= 4 is 27.5 Å². The Hall–Kier alpha value is -1.58. The predicted molar refractivity (Wildman–Crippen MR) is 83.2 cm³/mol. The average Bonchev–Trinajstić information content (AvgIpc) is 2.84. The van der Waals surface area contributed by atoms with Crippen molar-refractivity contribution in [2.45, 2.75) is 11.4 Å². The molecule has 0 saturated heterocycles. The number of aromatic nitrogens is 3. The van der Waals surface area contributed by atoms with Gasteiger partial charge >= 0.3 is 0 Å². The van der Waals surface area contributed by atoms with E-state index in [0.29, 0.717) is 17.3 Å². The summed E-state index contributed by atoms with van der Waals surface area (Å²) in [5, 5.41) is 7.52. The van der Waals surface area contributed by atoms with Crippen LogP contribution in [0.15, 0.2) is 35.5 Å². The fourth-order valence-corrected chi connectivity index (χ4v) is 3.82. The molecule has 1 aromatic carbocycles. The van der Waals surface area contributed by atoms with Crippen LogP contribution in [0.4, 0.5) is 5.69 Å². The van der Waals surface area contributed by atoms with Gasteiger partial charge in [0.15, 0.2) is 0 Å². The SMILES string of the molecule is Cn1cnnc1CNS(=O)(=O)CCSc1ccc(N)cc1. The highest BCUT2D eigenvalue weighted by atomic mass is 32.2. The Morgan fingerprint density at radius 2 is 2.05 bits per heavy atom. The lowest BCUT2D eigenvalue weighted by atomic mass is 10.3. The summed E-state index contributed by atoms with van der Waals surface area (Å²) in [5.74, 6) is 1.09. The number of hydrogen-bond donors (Lipinski definition) is 2. The summed E-state index contributed by atoms with van der Waals surface area (Å²) in [7, 11) is -1.56. The second-order valence-electron chi connectivity index (χ2n) is 4.42. The molecule has 0 atom stereocenters. The van der Waals surface area contributed by atoms with Crippen molar-refractivity contribution in [2.24, 2.45) is 7.05 Å². The molecule has 7 nitrogen and oxygen atoms in total. The zero-order chi connectivity index (χ0) is 15.3. The van der Waals surface area contributed by atoms with Crippen LogP contribution in [-0.4, -0.2) is 34.7 Å².